The molecule has 0 aliphatic rings. The first-order valence-electron chi connectivity index (χ1n) is 7.62. The van der Waals surface area contributed by atoms with E-state index in [0.717, 1.165) is 5.69 Å². The number of carbonyl (C=O) groups is 1. The van der Waals surface area contributed by atoms with Gasteiger partial charge in [0.15, 0.2) is 11.0 Å². The van der Waals surface area contributed by atoms with Crippen LogP contribution in [0.2, 0.25) is 0 Å². The fourth-order valence-corrected chi connectivity index (χ4v) is 3.24. The Kier molecular flexibility index (Phi) is 5.14. The predicted octanol–water partition coefficient (Wildman–Crippen LogP) is 3.73. The lowest BCUT2D eigenvalue weighted by Crippen LogP contribution is -2.15. The molecule has 0 fully saturated rings. The van der Waals surface area contributed by atoms with E-state index in [9.17, 15) is 9.18 Å². The first-order chi connectivity index (χ1) is 12.1. The maximum atomic E-state index is 14.3. The van der Waals surface area contributed by atoms with Gasteiger partial charge in [0.2, 0.25) is 0 Å². The van der Waals surface area contributed by atoms with Crippen molar-refractivity contribution in [3.05, 3.63) is 60.4 Å². The van der Waals surface area contributed by atoms with Crippen LogP contribution in [-0.4, -0.2) is 33.1 Å². The molecule has 0 amide bonds. The zero-order valence-electron chi connectivity index (χ0n) is 13.7. The van der Waals surface area contributed by atoms with Crippen LogP contribution >= 0.6 is 11.8 Å². The Morgan fingerprint density at radius 2 is 1.80 bits per heavy atom. The summed E-state index contributed by atoms with van der Waals surface area (Å²) in [6, 6.07) is 15.8. The van der Waals surface area contributed by atoms with Gasteiger partial charge in [-0.05, 0) is 31.2 Å². The standard InChI is InChI=1S/C18H16FN3O2S/c1-12(17(23)24-2)25-18-21-20-16(14-10-6-7-11-15(14)19)22(18)13-8-4-3-5-9-13/h3-12H,1-2H3/t12-/m1/s1. The molecule has 0 N–H and O–H groups in total. The minimum absolute atomic E-state index is 0.344. The van der Waals surface area contributed by atoms with Gasteiger partial charge in [0.1, 0.15) is 11.1 Å². The van der Waals surface area contributed by atoms with E-state index >= 15 is 0 Å². The van der Waals surface area contributed by atoms with Gasteiger partial charge in [-0.15, -0.1) is 10.2 Å². The summed E-state index contributed by atoms with van der Waals surface area (Å²) >= 11 is 1.21. The van der Waals surface area contributed by atoms with Crippen LogP contribution in [0, 0.1) is 5.82 Å². The van der Waals surface area contributed by atoms with Crippen molar-refractivity contribution in [1.82, 2.24) is 14.8 Å². The normalized spacial score (nSPS) is 12.0. The number of carbonyl (C=O) groups excluding carboxylic acids is 1. The molecule has 0 radical (unpaired) electrons. The van der Waals surface area contributed by atoms with Crippen LogP contribution in [0.5, 0.6) is 0 Å². The van der Waals surface area contributed by atoms with Gasteiger partial charge in [0.25, 0.3) is 0 Å². The van der Waals surface area contributed by atoms with Gasteiger partial charge in [-0.25, -0.2) is 4.39 Å². The summed E-state index contributed by atoms with van der Waals surface area (Å²) in [5.41, 5.74) is 1.13. The summed E-state index contributed by atoms with van der Waals surface area (Å²) in [4.78, 5) is 11.7. The molecule has 2 aromatic carbocycles. The van der Waals surface area contributed by atoms with Crippen LogP contribution < -0.4 is 0 Å². The maximum Gasteiger partial charge on any atom is 0.318 e. The molecule has 0 spiro atoms. The molecule has 0 saturated heterocycles. The molecule has 0 bridgehead atoms. The largest absolute Gasteiger partial charge is 0.468 e. The average Bonchev–Trinajstić information content (AvgIpc) is 3.05. The molecule has 25 heavy (non-hydrogen) atoms. The first kappa shape index (κ1) is 17.2. The SMILES string of the molecule is COC(=O)[C@@H](C)Sc1nnc(-c2ccccc2F)n1-c1ccccc1. The Morgan fingerprint density at radius 1 is 1.12 bits per heavy atom. The third-order valence-corrected chi connectivity index (χ3v) is 4.60. The van der Waals surface area contributed by atoms with Crippen LogP contribution in [0.1, 0.15) is 6.92 Å². The smallest absolute Gasteiger partial charge is 0.318 e. The van der Waals surface area contributed by atoms with E-state index in [1.54, 1.807) is 29.7 Å². The Morgan fingerprint density at radius 3 is 2.48 bits per heavy atom. The average molecular weight is 357 g/mol. The number of methoxy groups -OCH3 is 1. The molecule has 0 aliphatic heterocycles. The van der Waals surface area contributed by atoms with Crippen molar-refractivity contribution in [3.8, 4) is 17.1 Å². The number of hydrogen-bond donors (Lipinski definition) is 0. The zero-order chi connectivity index (χ0) is 17.8. The highest BCUT2D eigenvalue weighted by atomic mass is 32.2. The molecule has 0 saturated carbocycles. The highest BCUT2D eigenvalue weighted by Gasteiger charge is 2.23. The molecule has 5 nitrogen and oxygen atoms in total. The Balaban J connectivity index is 2.11. The predicted molar refractivity (Wildman–Crippen MR) is 94.1 cm³/mol. The van der Waals surface area contributed by atoms with E-state index in [0.29, 0.717) is 16.5 Å². The lowest BCUT2D eigenvalue weighted by Gasteiger charge is -2.12. The van der Waals surface area contributed by atoms with Crippen LogP contribution in [0.15, 0.2) is 59.8 Å². The zero-order valence-corrected chi connectivity index (χ0v) is 14.5. The van der Waals surface area contributed by atoms with Crippen molar-refractivity contribution in [1.29, 1.82) is 0 Å². The minimum atomic E-state index is -0.467. The van der Waals surface area contributed by atoms with Crippen molar-refractivity contribution in [2.45, 2.75) is 17.3 Å². The first-order valence-corrected chi connectivity index (χ1v) is 8.50. The highest BCUT2D eigenvalue weighted by molar-refractivity contribution is 8.00. The van der Waals surface area contributed by atoms with E-state index < -0.39 is 5.25 Å². The number of esters is 1. The lowest BCUT2D eigenvalue weighted by atomic mass is 10.2. The van der Waals surface area contributed by atoms with E-state index in [2.05, 4.69) is 10.2 Å². The van der Waals surface area contributed by atoms with Gasteiger partial charge in [0, 0.05) is 5.69 Å². The molecule has 1 aromatic heterocycles. The number of halogens is 1. The van der Waals surface area contributed by atoms with E-state index in [-0.39, 0.29) is 11.8 Å². The topological polar surface area (TPSA) is 57.0 Å². The number of hydrogen-bond acceptors (Lipinski definition) is 5. The van der Waals surface area contributed by atoms with Gasteiger partial charge in [-0.2, -0.15) is 0 Å². The van der Waals surface area contributed by atoms with Gasteiger partial charge < -0.3 is 4.74 Å². The monoisotopic (exact) mass is 357 g/mol. The summed E-state index contributed by atoms with van der Waals surface area (Å²) in [5.74, 6) is -0.367. The van der Waals surface area contributed by atoms with Gasteiger partial charge in [-0.3, -0.25) is 9.36 Å². The Bertz CT molecular complexity index is 883. The van der Waals surface area contributed by atoms with Crippen LogP contribution in [0.3, 0.4) is 0 Å². The van der Waals surface area contributed by atoms with Crippen molar-refractivity contribution in [3.63, 3.8) is 0 Å². The molecular weight excluding hydrogens is 341 g/mol. The van der Waals surface area contributed by atoms with E-state index in [4.69, 9.17) is 4.74 Å². The molecule has 128 valence electrons. The number of benzene rings is 2. The molecule has 7 heteroatoms. The molecule has 0 aliphatic carbocycles. The van der Waals surface area contributed by atoms with Crippen LogP contribution in [-0.2, 0) is 9.53 Å². The molecule has 3 aromatic rings. The van der Waals surface area contributed by atoms with Crippen molar-refractivity contribution >= 4 is 17.7 Å². The second kappa shape index (κ2) is 7.48. The lowest BCUT2D eigenvalue weighted by molar-refractivity contribution is -0.139. The fraction of sp³-hybridized carbons (Fsp3) is 0.167. The van der Waals surface area contributed by atoms with Gasteiger partial charge in [0.05, 0.1) is 12.7 Å². The summed E-state index contributed by atoms with van der Waals surface area (Å²) < 4.78 is 20.8. The number of thioether (sulfide) groups is 1. The third-order valence-electron chi connectivity index (χ3n) is 3.58. The van der Waals surface area contributed by atoms with Crippen LogP contribution in [0.4, 0.5) is 4.39 Å². The third kappa shape index (κ3) is 3.56. The quantitative estimate of drug-likeness (QED) is 0.514. The Hall–Kier alpha value is -2.67. The summed E-state index contributed by atoms with van der Waals surface area (Å²) in [6.07, 6.45) is 0. The summed E-state index contributed by atoms with van der Waals surface area (Å²) in [5, 5.41) is 8.35. The molecule has 0 unspecified atom stereocenters. The second-order valence-corrected chi connectivity index (χ2v) is 6.55. The minimum Gasteiger partial charge on any atom is -0.468 e. The Labute approximate surface area is 148 Å². The van der Waals surface area contributed by atoms with Crippen LogP contribution in [0.25, 0.3) is 17.1 Å². The maximum absolute atomic E-state index is 14.3. The summed E-state index contributed by atoms with van der Waals surface area (Å²) in [6.45, 7) is 1.73. The molecule has 1 atom stereocenters. The number of aromatic nitrogens is 3. The fourth-order valence-electron chi connectivity index (χ4n) is 2.35. The number of para-hydroxylation sites is 1. The number of nitrogens with zero attached hydrogens (tertiary/aromatic N) is 3. The van der Waals surface area contributed by atoms with Gasteiger partial charge in [-0.1, -0.05) is 42.1 Å². The number of ether oxygens (including phenoxy) is 1. The molecular formula is C18H16FN3O2S. The number of rotatable bonds is 5. The summed E-state index contributed by atoms with van der Waals surface area (Å²) in [7, 11) is 1.34. The van der Waals surface area contributed by atoms with Crippen molar-refractivity contribution < 1.29 is 13.9 Å². The molecule has 1 heterocycles. The second-order valence-electron chi connectivity index (χ2n) is 5.24. The van der Waals surface area contributed by atoms with Gasteiger partial charge >= 0.3 is 5.97 Å². The van der Waals surface area contributed by atoms with E-state index in [1.807, 2.05) is 30.3 Å². The van der Waals surface area contributed by atoms with E-state index in [1.165, 1.54) is 24.9 Å². The van der Waals surface area contributed by atoms with Crippen molar-refractivity contribution in [2.24, 2.45) is 0 Å². The highest BCUT2D eigenvalue weighted by Crippen LogP contribution is 2.31. The van der Waals surface area contributed by atoms with Crippen molar-refractivity contribution in [2.75, 3.05) is 7.11 Å². The molecule has 3 rings (SSSR count).